The monoisotopic (exact) mass is 353 g/mol. The Labute approximate surface area is 126 Å². The van der Waals surface area contributed by atoms with Crippen molar-refractivity contribution in [2.24, 2.45) is 4.40 Å². The van der Waals surface area contributed by atoms with Crippen LogP contribution in [0.5, 0.6) is 5.75 Å². The third-order valence-corrected chi connectivity index (χ3v) is 4.38. The van der Waals surface area contributed by atoms with Gasteiger partial charge in [0.1, 0.15) is 5.75 Å². The largest absolute Gasteiger partial charge is 0.507 e. The SMILES string of the molecule is Cc1ccc(S(=O)(=O)/N=C\c2cc(Br)ccc2O)cc1. The van der Waals surface area contributed by atoms with E-state index in [4.69, 9.17) is 0 Å². The molecule has 0 fully saturated rings. The first kappa shape index (κ1) is 14.7. The molecule has 0 aliphatic carbocycles. The van der Waals surface area contributed by atoms with Gasteiger partial charge in [0.2, 0.25) is 0 Å². The molecule has 6 heteroatoms. The number of benzene rings is 2. The standard InChI is InChI=1S/C14H12BrNO3S/c1-10-2-5-13(6-3-10)20(18,19)16-9-11-8-12(15)4-7-14(11)17/h2-9,17H,1H3/b16-9-. The quantitative estimate of drug-likeness (QED) is 0.861. The number of aromatic hydroxyl groups is 1. The van der Waals surface area contributed by atoms with Crippen LogP contribution in [0.2, 0.25) is 0 Å². The van der Waals surface area contributed by atoms with E-state index in [0.29, 0.717) is 5.56 Å². The van der Waals surface area contributed by atoms with Crippen molar-refractivity contribution >= 4 is 32.2 Å². The summed E-state index contributed by atoms with van der Waals surface area (Å²) in [6, 6.07) is 11.1. The molecule has 4 nitrogen and oxygen atoms in total. The molecule has 1 N–H and O–H groups in total. The topological polar surface area (TPSA) is 66.7 Å². The lowest BCUT2D eigenvalue weighted by atomic mass is 10.2. The van der Waals surface area contributed by atoms with Gasteiger partial charge >= 0.3 is 0 Å². The summed E-state index contributed by atoms with van der Waals surface area (Å²) in [5, 5.41) is 9.63. The van der Waals surface area contributed by atoms with Gasteiger partial charge in [0.25, 0.3) is 10.0 Å². The maximum absolute atomic E-state index is 12.0. The maximum Gasteiger partial charge on any atom is 0.282 e. The van der Waals surface area contributed by atoms with Crippen LogP contribution in [0.4, 0.5) is 0 Å². The predicted octanol–water partition coefficient (Wildman–Crippen LogP) is 3.27. The average Bonchev–Trinajstić information content (AvgIpc) is 2.40. The van der Waals surface area contributed by atoms with E-state index in [2.05, 4.69) is 20.3 Å². The summed E-state index contributed by atoms with van der Waals surface area (Å²) in [6.07, 6.45) is 1.13. The molecule has 0 aliphatic heterocycles. The Kier molecular flexibility index (Phi) is 4.25. The number of phenolic OH excluding ortho intramolecular Hbond substituents is 1. The van der Waals surface area contributed by atoms with Crippen LogP contribution in [0.3, 0.4) is 0 Å². The van der Waals surface area contributed by atoms with E-state index < -0.39 is 10.0 Å². The maximum atomic E-state index is 12.0. The Morgan fingerprint density at radius 3 is 2.45 bits per heavy atom. The van der Waals surface area contributed by atoms with Gasteiger partial charge in [-0.3, -0.25) is 0 Å². The molecular formula is C14H12BrNO3S. The normalized spacial score (nSPS) is 11.9. The Morgan fingerprint density at radius 1 is 1.15 bits per heavy atom. The molecule has 0 unspecified atom stereocenters. The van der Waals surface area contributed by atoms with E-state index in [1.807, 2.05) is 6.92 Å². The highest BCUT2D eigenvalue weighted by molar-refractivity contribution is 9.10. The number of hydrogen-bond donors (Lipinski definition) is 1. The highest BCUT2D eigenvalue weighted by Gasteiger charge is 2.11. The summed E-state index contributed by atoms with van der Waals surface area (Å²) in [5.41, 5.74) is 1.30. The number of phenols is 1. The second-order valence-corrected chi connectivity index (χ2v) is 6.77. The van der Waals surface area contributed by atoms with Crippen LogP contribution in [-0.2, 0) is 10.0 Å². The Hall–Kier alpha value is -1.66. The van der Waals surface area contributed by atoms with Gasteiger partial charge in [0.15, 0.2) is 0 Å². The molecule has 0 atom stereocenters. The molecule has 0 radical (unpaired) electrons. The van der Waals surface area contributed by atoms with Gasteiger partial charge in [-0.1, -0.05) is 33.6 Å². The molecule has 104 valence electrons. The number of halogens is 1. The molecule has 0 amide bonds. The summed E-state index contributed by atoms with van der Waals surface area (Å²) in [7, 11) is -3.76. The zero-order chi connectivity index (χ0) is 14.8. The molecule has 0 saturated heterocycles. The van der Waals surface area contributed by atoms with E-state index in [1.54, 1.807) is 24.3 Å². The third kappa shape index (κ3) is 3.46. The van der Waals surface area contributed by atoms with Crippen LogP contribution in [-0.4, -0.2) is 19.7 Å². The molecule has 0 aliphatic rings. The third-order valence-electron chi connectivity index (χ3n) is 2.64. The second kappa shape index (κ2) is 5.76. The first-order valence-corrected chi connectivity index (χ1v) is 7.97. The van der Waals surface area contributed by atoms with E-state index >= 15 is 0 Å². The fourth-order valence-electron chi connectivity index (χ4n) is 1.53. The van der Waals surface area contributed by atoms with Crippen LogP contribution in [0.1, 0.15) is 11.1 Å². The number of sulfonamides is 1. The van der Waals surface area contributed by atoms with Gasteiger partial charge in [0, 0.05) is 10.0 Å². The molecule has 0 bridgehead atoms. The van der Waals surface area contributed by atoms with Crippen molar-refractivity contribution in [2.45, 2.75) is 11.8 Å². The minimum Gasteiger partial charge on any atom is -0.507 e. The summed E-state index contributed by atoms with van der Waals surface area (Å²) in [5.74, 6) is -0.0314. The predicted molar refractivity (Wildman–Crippen MR) is 81.8 cm³/mol. The number of hydrogen-bond acceptors (Lipinski definition) is 3. The molecule has 2 aromatic rings. The fourth-order valence-corrected chi connectivity index (χ4v) is 2.76. The van der Waals surface area contributed by atoms with Gasteiger partial charge in [0.05, 0.1) is 11.1 Å². The Bertz CT molecular complexity index is 752. The molecular weight excluding hydrogens is 342 g/mol. The summed E-state index contributed by atoms with van der Waals surface area (Å²) < 4.78 is 28.4. The highest BCUT2D eigenvalue weighted by atomic mass is 79.9. The Morgan fingerprint density at radius 2 is 1.80 bits per heavy atom. The lowest BCUT2D eigenvalue weighted by Crippen LogP contribution is -1.98. The molecule has 0 spiro atoms. The Balaban J connectivity index is 2.34. The molecule has 0 aromatic heterocycles. The van der Waals surface area contributed by atoms with Crippen molar-refractivity contribution < 1.29 is 13.5 Å². The van der Waals surface area contributed by atoms with Crippen LogP contribution in [0.15, 0.2) is 56.2 Å². The summed E-state index contributed by atoms with van der Waals surface area (Å²) >= 11 is 3.25. The van der Waals surface area contributed by atoms with Crippen LogP contribution >= 0.6 is 15.9 Å². The van der Waals surface area contributed by atoms with Gasteiger partial charge in [-0.05, 0) is 37.3 Å². The number of nitrogens with zero attached hydrogens (tertiary/aromatic N) is 1. The van der Waals surface area contributed by atoms with Gasteiger partial charge in [-0.25, -0.2) is 0 Å². The van der Waals surface area contributed by atoms with Crippen molar-refractivity contribution in [3.8, 4) is 5.75 Å². The minimum atomic E-state index is -3.76. The van der Waals surface area contributed by atoms with E-state index in [9.17, 15) is 13.5 Å². The lowest BCUT2D eigenvalue weighted by Gasteiger charge is -2.01. The molecule has 0 saturated carbocycles. The number of rotatable bonds is 3. The second-order valence-electron chi connectivity index (χ2n) is 4.23. The van der Waals surface area contributed by atoms with Gasteiger partial charge < -0.3 is 5.11 Å². The van der Waals surface area contributed by atoms with Gasteiger partial charge in [-0.2, -0.15) is 12.8 Å². The van der Waals surface area contributed by atoms with Crippen molar-refractivity contribution in [3.05, 3.63) is 58.1 Å². The minimum absolute atomic E-state index is 0.0314. The van der Waals surface area contributed by atoms with E-state index in [-0.39, 0.29) is 10.6 Å². The smallest absolute Gasteiger partial charge is 0.282 e. The van der Waals surface area contributed by atoms with Gasteiger partial charge in [-0.15, -0.1) is 0 Å². The van der Waals surface area contributed by atoms with Crippen molar-refractivity contribution in [2.75, 3.05) is 0 Å². The van der Waals surface area contributed by atoms with Crippen LogP contribution in [0, 0.1) is 6.92 Å². The molecule has 20 heavy (non-hydrogen) atoms. The molecule has 2 aromatic carbocycles. The molecule has 2 rings (SSSR count). The summed E-state index contributed by atoms with van der Waals surface area (Å²) in [4.78, 5) is 0.119. The number of aryl methyl sites for hydroxylation is 1. The van der Waals surface area contributed by atoms with Crippen LogP contribution in [0.25, 0.3) is 0 Å². The molecule has 0 heterocycles. The zero-order valence-corrected chi connectivity index (χ0v) is 13.0. The van der Waals surface area contributed by atoms with Crippen molar-refractivity contribution in [1.82, 2.24) is 0 Å². The van der Waals surface area contributed by atoms with Crippen molar-refractivity contribution in [3.63, 3.8) is 0 Å². The van der Waals surface area contributed by atoms with Crippen molar-refractivity contribution in [1.29, 1.82) is 0 Å². The average molecular weight is 354 g/mol. The highest BCUT2D eigenvalue weighted by Crippen LogP contribution is 2.21. The first-order chi connectivity index (χ1) is 9.38. The van der Waals surface area contributed by atoms with E-state index in [0.717, 1.165) is 16.3 Å². The van der Waals surface area contributed by atoms with E-state index in [1.165, 1.54) is 18.2 Å². The fraction of sp³-hybridized carbons (Fsp3) is 0.0714. The summed E-state index contributed by atoms with van der Waals surface area (Å²) in [6.45, 7) is 1.87. The zero-order valence-electron chi connectivity index (χ0n) is 10.6. The lowest BCUT2D eigenvalue weighted by molar-refractivity contribution is 0.474. The first-order valence-electron chi connectivity index (χ1n) is 5.74. The van der Waals surface area contributed by atoms with Crippen LogP contribution < -0.4 is 0 Å².